The van der Waals surface area contributed by atoms with Gasteiger partial charge >= 0.3 is 0 Å². The van der Waals surface area contributed by atoms with E-state index in [0.29, 0.717) is 23.4 Å². The SMILES string of the molecule is N#Cc1ccc(-c2cc3n(c2)Cc2cc(N4CCC5(CNC5)C4)ccc2N(N)/C3=N\N)cc1. The summed E-state index contributed by atoms with van der Waals surface area (Å²) in [6.45, 7) is 5.08. The molecule has 0 bridgehead atoms. The molecule has 1 aromatic heterocycles. The molecule has 0 atom stereocenters. The van der Waals surface area contributed by atoms with Crippen molar-refractivity contribution < 1.29 is 0 Å². The van der Waals surface area contributed by atoms with Gasteiger partial charge in [0.1, 0.15) is 0 Å². The molecule has 8 nitrogen and oxygen atoms in total. The van der Waals surface area contributed by atoms with Crippen LogP contribution in [0, 0.1) is 16.7 Å². The van der Waals surface area contributed by atoms with Crippen LogP contribution in [0.5, 0.6) is 0 Å². The molecule has 0 amide bonds. The van der Waals surface area contributed by atoms with Crippen LogP contribution in [0.2, 0.25) is 0 Å². The molecule has 4 heterocycles. The number of fused-ring (bicyclic) bond motifs is 2. The van der Waals surface area contributed by atoms with Gasteiger partial charge < -0.3 is 20.6 Å². The van der Waals surface area contributed by atoms with E-state index in [0.717, 1.165) is 54.3 Å². The molecule has 2 aromatic carbocycles. The molecule has 33 heavy (non-hydrogen) atoms. The number of aromatic nitrogens is 1. The van der Waals surface area contributed by atoms with Crippen molar-refractivity contribution in [2.75, 3.05) is 36.1 Å². The van der Waals surface area contributed by atoms with E-state index in [9.17, 15) is 0 Å². The fraction of sp³-hybridized carbons (Fsp3) is 0.280. The van der Waals surface area contributed by atoms with E-state index in [1.54, 1.807) is 5.01 Å². The number of hydrogen-bond donors (Lipinski definition) is 3. The molecule has 3 aliphatic rings. The van der Waals surface area contributed by atoms with E-state index in [1.165, 1.54) is 12.1 Å². The number of nitriles is 1. The third-order valence-electron chi connectivity index (χ3n) is 7.29. The fourth-order valence-corrected chi connectivity index (χ4v) is 5.33. The van der Waals surface area contributed by atoms with Gasteiger partial charge in [0.2, 0.25) is 0 Å². The van der Waals surface area contributed by atoms with Gasteiger partial charge in [0, 0.05) is 55.6 Å². The summed E-state index contributed by atoms with van der Waals surface area (Å²) in [7, 11) is 0. The highest BCUT2D eigenvalue weighted by Gasteiger charge is 2.43. The molecule has 3 aliphatic heterocycles. The van der Waals surface area contributed by atoms with Crippen LogP contribution >= 0.6 is 0 Å². The van der Waals surface area contributed by atoms with Gasteiger partial charge in [-0.05, 0) is 53.9 Å². The van der Waals surface area contributed by atoms with Gasteiger partial charge in [-0.15, -0.1) is 0 Å². The number of benzene rings is 2. The molecule has 0 aliphatic carbocycles. The number of hydrogen-bond acceptors (Lipinski definition) is 6. The van der Waals surface area contributed by atoms with Crippen LogP contribution in [0.15, 0.2) is 59.8 Å². The topological polar surface area (TPSA) is 112 Å². The largest absolute Gasteiger partial charge is 0.371 e. The molecule has 2 fully saturated rings. The quantitative estimate of drug-likeness (QED) is 0.418. The molecule has 1 spiro atoms. The van der Waals surface area contributed by atoms with Crippen molar-refractivity contribution >= 4 is 17.2 Å². The number of amidine groups is 1. The smallest absolute Gasteiger partial charge is 0.190 e. The zero-order valence-corrected chi connectivity index (χ0v) is 18.3. The van der Waals surface area contributed by atoms with E-state index in [4.69, 9.17) is 16.9 Å². The Bertz CT molecular complexity index is 1290. The Labute approximate surface area is 192 Å². The molecule has 0 saturated carbocycles. The van der Waals surface area contributed by atoms with Crippen LogP contribution < -0.4 is 26.9 Å². The summed E-state index contributed by atoms with van der Waals surface area (Å²) >= 11 is 0. The Morgan fingerprint density at radius 1 is 1.06 bits per heavy atom. The first-order chi connectivity index (χ1) is 16.1. The maximum atomic E-state index is 9.09. The standard InChI is InChI=1S/C25H26N8/c26-11-17-1-3-18(4-2-17)19-10-23-24(30-27)33(28)22-6-5-21(9-20(22)13-32(23)12-19)31-8-7-25(16-31)14-29-15-25/h1-6,9-10,12,29H,7-8,13-16,27-28H2/b30-24-. The lowest BCUT2D eigenvalue weighted by atomic mass is 9.81. The van der Waals surface area contributed by atoms with E-state index in [1.807, 2.05) is 30.3 Å². The summed E-state index contributed by atoms with van der Waals surface area (Å²) in [5, 5.41) is 18.1. The summed E-state index contributed by atoms with van der Waals surface area (Å²) in [5.74, 6) is 12.9. The number of nitrogens with one attached hydrogen (secondary N) is 1. The highest BCUT2D eigenvalue weighted by Crippen LogP contribution is 2.38. The first-order valence-electron chi connectivity index (χ1n) is 11.2. The van der Waals surface area contributed by atoms with Crippen LogP contribution in [0.25, 0.3) is 11.1 Å². The van der Waals surface area contributed by atoms with Crippen LogP contribution in [0.4, 0.5) is 11.4 Å². The zero-order valence-electron chi connectivity index (χ0n) is 18.3. The van der Waals surface area contributed by atoms with Crippen molar-refractivity contribution in [1.29, 1.82) is 5.26 Å². The third-order valence-corrected chi connectivity index (χ3v) is 7.29. The predicted octanol–water partition coefficient (Wildman–Crippen LogP) is 2.19. The van der Waals surface area contributed by atoms with E-state index in [2.05, 4.69) is 50.4 Å². The maximum absolute atomic E-state index is 9.09. The van der Waals surface area contributed by atoms with Crippen molar-refractivity contribution in [3.05, 3.63) is 71.5 Å². The summed E-state index contributed by atoms with van der Waals surface area (Å²) < 4.78 is 2.15. The van der Waals surface area contributed by atoms with E-state index >= 15 is 0 Å². The number of nitrogens with zero attached hydrogens (tertiary/aromatic N) is 5. The van der Waals surface area contributed by atoms with Crippen molar-refractivity contribution in [2.45, 2.75) is 13.0 Å². The van der Waals surface area contributed by atoms with Gasteiger partial charge in [0.25, 0.3) is 0 Å². The molecular formula is C25H26N8. The highest BCUT2D eigenvalue weighted by molar-refractivity contribution is 6.09. The lowest BCUT2D eigenvalue weighted by Crippen LogP contribution is -2.54. The lowest BCUT2D eigenvalue weighted by Gasteiger charge is -2.39. The first-order valence-corrected chi connectivity index (χ1v) is 11.2. The summed E-state index contributed by atoms with van der Waals surface area (Å²) in [5.41, 5.74) is 7.27. The Kier molecular flexibility index (Phi) is 4.43. The molecule has 166 valence electrons. The first kappa shape index (κ1) is 19.9. The van der Waals surface area contributed by atoms with Crippen LogP contribution in [0.3, 0.4) is 0 Å². The van der Waals surface area contributed by atoms with Crippen LogP contribution in [-0.4, -0.2) is 36.6 Å². The normalized spacial score (nSPS) is 19.7. The molecule has 6 rings (SSSR count). The summed E-state index contributed by atoms with van der Waals surface area (Å²) in [6, 6.07) is 18.3. The van der Waals surface area contributed by atoms with Crippen molar-refractivity contribution in [3.8, 4) is 17.2 Å². The number of hydrazone groups is 1. The van der Waals surface area contributed by atoms with Gasteiger partial charge in [-0.2, -0.15) is 10.4 Å². The predicted molar refractivity (Wildman–Crippen MR) is 130 cm³/mol. The molecule has 3 aromatic rings. The number of rotatable bonds is 2. The van der Waals surface area contributed by atoms with Crippen LogP contribution in [-0.2, 0) is 6.54 Å². The van der Waals surface area contributed by atoms with Crippen molar-refractivity contribution in [1.82, 2.24) is 9.88 Å². The Morgan fingerprint density at radius 3 is 2.55 bits per heavy atom. The highest BCUT2D eigenvalue weighted by atomic mass is 15.5. The van der Waals surface area contributed by atoms with Gasteiger partial charge in [-0.1, -0.05) is 12.1 Å². The molecule has 2 saturated heterocycles. The molecule has 5 N–H and O–H groups in total. The Balaban J connectivity index is 1.37. The molecule has 8 heteroatoms. The minimum absolute atomic E-state index is 0.440. The number of hydrazine groups is 1. The monoisotopic (exact) mass is 438 g/mol. The summed E-state index contributed by atoms with van der Waals surface area (Å²) in [6.07, 6.45) is 3.34. The molecule has 0 radical (unpaired) electrons. The van der Waals surface area contributed by atoms with Crippen molar-refractivity contribution in [3.63, 3.8) is 0 Å². The number of anilines is 2. The summed E-state index contributed by atoms with van der Waals surface area (Å²) in [4.78, 5) is 2.49. The average Bonchev–Trinajstić information content (AvgIpc) is 3.43. The van der Waals surface area contributed by atoms with E-state index < -0.39 is 0 Å². The second kappa shape index (κ2) is 7.37. The third kappa shape index (κ3) is 3.17. The van der Waals surface area contributed by atoms with Gasteiger partial charge in [0.05, 0.1) is 23.0 Å². The van der Waals surface area contributed by atoms with Gasteiger partial charge in [-0.3, -0.25) is 5.01 Å². The minimum Gasteiger partial charge on any atom is -0.371 e. The van der Waals surface area contributed by atoms with Gasteiger partial charge in [0.15, 0.2) is 5.84 Å². The Morgan fingerprint density at radius 2 is 1.88 bits per heavy atom. The Hall–Kier alpha value is -3.80. The lowest BCUT2D eigenvalue weighted by molar-refractivity contribution is 0.200. The fourth-order valence-electron chi connectivity index (χ4n) is 5.33. The maximum Gasteiger partial charge on any atom is 0.190 e. The second-order valence-corrected chi connectivity index (χ2v) is 9.34. The number of nitrogens with two attached hydrogens (primary N) is 2. The van der Waals surface area contributed by atoms with E-state index in [-0.39, 0.29) is 0 Å². The average molecular weight is 439 g/mol. The van der Waals surface area contributed by atoms with Crippen LogP contribution in [0.1, 0.15) is 23.2 Å². The van der Waals surface area contributed by atoms with Crippen molar-refractivity contribution in [2.24, 2.45) is 22.2 Å². The second-order valence-electron chi connectivity index (χ2n) is 9.34. The molecular weight excluding hydrogens is 412 g/mol. The minimum atomic E-state index is 0.440. The molecule has 0 unspecified atom stereocenters. The van der Waals surface area contributed by atoms with Gasteiger partial charge in [-0.25, -0.2) is 5.84 Å². The zero-order chi connectivity index (χ0) is 22.6.